The molecule has 28 heavy (non-hydrogen) atoms. The molecule has 1 aromatic rings. The van der Waals surface area contributed by atoms with Crippen LogP contribution < -0.4 is 8.91 Å². The first-order valence-corrected chi connectivity index (χ1v) is 12.4. The van der Waals surface area contributed by atoms with Crippen LogP contribution in [-0.4, -0.2) is 47.5 Å². The molecule has 0 aromatic heterocycles. The monoisotopic (exact) mass is 435 g/mol. The van der Waals surface area contributed by atoms with Crippen LogP contribution in [0.1, 0.15) is 45.1 Å². The minimum atomic E-state index is -3.65. The fraction of sp³-hybridized carbons (Fsp3) is 0.611. The Morgan fingerprint density at radius 3 is 2.11 bits per heavy atom. The van der Waals surface area contributed by atoms with E-state index in [-0.39, 0.29) is 23.7 Å². The average molecular weight is 436 g/mol. The van der Waals surface area contributed by atoms with Gasteiger partial charge in [-0.25, -0.2) is 13.1 Å². The molecule has 1 atom stereocenters. The van der Waals surface area contributed by atoms with E-state index in [0.29, 0.717) is 24.8 Å². The molecular formula is C18H29NO7S2. The smallest absolute Gasteiger partial charge is 0.324 e. The first kappa shape index (κ1) is 24.4. The number of methoxy groups -OCH3 is 1. The molecule has 0 bridgehead atoms. The van der Waals surface area contributed by atoms with Gasteiger partial charge in [-0.1, -0.05) is 38.8 Å². The van der Waals surface area contributed by atoms with E-state index in [2.05, 4.69) is 4.72 Å². The molecule has 0 saturated carbocycles. The zero-order valence-electron chi connectivity index (χ0n) is 16.5. The Hall–Kier alpha value is -1.65. The van der Waals surface area contributed by atoms with Crippen LogP contribution in [0.5, 0.6) is 5.75 Å². The summed E-state index contributed by atoms with van der Waals surface area (Å²) in [6.07, 6.45) is 2.53. The Kier molecular flexibility index (Phi) is 9.91. The van der Waals surface area contributed by atoms with E-state index in [9.17, 15) is 21.6 Å². The van der Waals surface area contributed by atoms with Gasteiger partial charge in [0.1, 0.15) is 11.8 Å². The molecular weight excluding hydrogens is 406 g/mol. The van der Waals surface area contributed by atoms with Crippen molar-refractivity contribution < 1.29 is 30.6 Å². The number of carbonyl (C=O) groups excluding carboxylic acids is 1. The third-order valence-corrected chi connectivity index (χ3v) is 6.61. The topological polar surface area (TPSA) is 116 Å². The standard InChI is InChI=1S/C18H29NO7S2/c1-4-6-12-27(21,22)19-17(18(20)25-3)14-15-8-10-16(11-9-15)26-28(23,24)13-7-5-2/h8-11,17,19H,4-7,12-14H2,1-3H3/t17-/m0/s1. The molecule has 0 aliphatic heterocycles. The van der Waals surface area contributed by atoms with Gasteiger partial charge in [-0.15, -0.1) is 0 Å². The zero-order valence-corrected chi connectivity index (χ0v) is 18.1. The number of carbonyl (C=O) groups is 1. The maximum Gasteiger partial charge on any atom is 0.324 e. The molecule has 1 aromatic carbocycles. The maximum atomic E-state index is 12.1. The molecule has 0 amide bonds. The van der Waals surface area contributed by atoms with Crippen LogP contribution in [-0.2, 0) is 36.1 Å². The predicted molar refractivity (Wildman–Crippen MR) is 107 cm³/mol. The van der Waals surface area contributed by atoms with E-state index >= 15 is 0 Å². The SMILES string of the molecule is CCCCS(=O)(=O)N[C@@H](Cc1ccc(OS(=O)(=O)CCCC)cc1)C(=O)OC. The molecule has 0 aliphatic carbocycles. The van der Waals surface area contributed by atoms with Gasteiger partial charge >= 0.3 is 16.1 Å². The number of rotatable bonds is 13. The van der Waals surface area contributed by atoms with Gasteiger partial charge in [0.2, 0.25) is 10.0 Å². The Morgan fingerprint density at radius 1 is 1.00 bits per heavy atom. The van der Waals surface area contributed by atoms with Crippen LogP contribution in [0.3, 0.4) is 0 Å². The fourth-order valence-corrected chi connectivity index (χ4v) is 4.88. The zero-order chi connectivity index (χ0) is 21.2. The van der Waals surface area contributed by atoms with Gasteiger partial charge in [0, 0.05) is 0 Å². The minimum Gasteiger partial charge on any atom is -0.468 e. The highest BCUT2D eigenvalue weighted by Crippen LogP contribution is 2.17. The second kappa shape index (κ2) is 11.4. The lowest BCUT2D eigenvalue weighted by Crippen LogP contribution is -2.43. The molecule has 1 N–H and O–H groups in total. The highest BCUT2D eigenvalue weighted by Gasteiger charge is 2.25. The minimum absolute atomic E-state index is 0.0603. The molecule has 0 heterocycles. The second-order valence-electron chi connectivity index (χ2n) is 6.41. The van der Waals surface area contributed by atoms with Crippen molar-refractivity contribution in [2.24, 2.45) is 0 Å². The molecule has 0 spiro atoms. The van der Waals surface area contributed by atoms with Gasteiger partial charge in [-0.05, 0) is 37.0 Å². The molecule has 8 nitrogen and oxygen atoms in total. The highest BCUT2D eigenvalue weighted by molar-refractivity contribution is 7.89. The van der Waals surface area contributed by atoms with Crippen LogP contribution in [0.2, 0.25) is 0 Å². The van der Waals surface area contributed by atoms with E-state index in [0.717, 1.165) is 6.42 Å². The Balaban J connectivity index is 2.83. The van der Waals surface area contributed by atoms with Crippen LogP contribution in [0.15, 0.2) is 24.3 Å². The molecule has 1 rings (SSSR count). The first-order valence-electron chi connectivity index (χ1n) is 9.21. The normalized spacial score (nSPS) is 13.1. The summed E-state index contributed by atoms with van der Waals surface area (Å²) in [7, 11) is -6.07. The fourth-order valence-electron chi connectivity index (χ4n) is 2.35. The van der Waals surface area contributed by atoms with Crippen molar-refractivity contribution in [1.82, 2.24) is 4.72 Å². The molecule has 0 radical (unpaired) electrons. The largest absolute Gasteiger partial charge is 0.468 e. The van der Waals surface area contributed by atoms with Gasteiger partial charge in [-0.3, -0.25) is 4.79 Å². The van der Waals surface area contributed by atoms with Crippen molar-refractivity contribution in [3.8, 4) is 5.75 Å². The number of hydrogen-bond donors (Lipinski definition) is 1. The van der Waals surface area contributed by atoms with E-state index < -0.39 is 32.2 Å². The van der Waals surface area contributed by atoms with Gasteiger partial charge in [0.15, 0.2) is 0 Å². The molecule has 10 heteroatoms. The van der Waals surface area contributed by atoms with Crippen LogP contribution in [0, 0.1) is 0 Å². The summed E-state index contributed by atoms with van der Waals surface area (Å²) in [5.41, 5.74) is 0.631. The molecule has 0 aliphatic rings. The van der Waals surface area contributed by atoms with Crippen molar-refractivity contribution in [2.75, 3.05) is 18.6 Å². The van der Waals surface area contributed by atoms with Gasteiger partial charge in [-0.2, -0.15) is 8.42 Å². The van der Waals surface area contributed by atoms with Crippen LogP contribution >= 0.6 is 0 Å². The van der Waals surface area contributed by atoms with Gasteiger partial charge in [0.25, 0.3) is 0 Å². The third-order valence-electron chi connectivity index (χ3n) is 3.91. The quantitative estimate of drug-likeness (QED) is 0.372. The maximum absolute atomic E-state index is 12.1. The Labute approximate surface area is 167 Å². The number of benzene rings is 1. The van der Waals surface area contributed by atoms with Gasteiger partial charge in [0.05, 0.1) is 18.6 Å². The summed E-state index contributed by atoms with van der Waals surface area (Å²) in [5, 5.41) is 0. The van der Waals surface area contributed by atoms with Crippen molar-refractivity contribution >= 4 is 26.1 Å². The Morgan fingerprint density at radius 2 is 1.57 bits per heavy atom. The summed E-state index contributed by atoms with van der Waals surface area (Å²) in [6, 6.07) is 5.05. The van der Waals surface area contributed by atoms with Crippen LogP contribution in [0.4, 0.5) is 0 Å². The lowest BCUT2D eigenvalue weighted by Gasteiger charge is -2.17. The third kappa shape index (κ3) is 9.03. The van der Waals surface area contributed by atoms with Crippen molar-refractivity contribution in [3.63, 3.8) is 0 Å². The van der Waals surface area contributed by atoms with Crippen molar-refractivity contribution in [1.29, 1.82) is 0 Å². The molecule has 0 unspecified atom stereocenters. The molecule has 0 saturated heterocycles. The van der Waals surface area contributed by atoms with Gasteiger partial charge < -0.3 is 8.92 Å². The highest BCUT2D eigenvalue weighted by atomic mass is 32.2. The summed E-state index contributed by atoms with van der Waals surface area (Å²) in [5.74, 6) is -0.658. The number of sulfonamides is 1. The average Bonchev–Trinajstić information content (AvgIpc) is 2.64. The number of hydrogen-bond acceptors (Lipinski definition) is 7. The lowest BCUT2D eigenvalue weighted by atomic mass is 10.1. The summed E-state index contributed by atoms with van der Waals surface area (Å²) in [6.45, 7) is 3.76. The van der Waals surface area contributed by atoms with E-state index in [4.69, 9.17) is 8.92 Å². The number of ether oxygens (including phenoxy) is 1. The van der Waals surface area contributed by atoms with Crippen molar-refractivity contribution in [2.45, 2.75) is 52.0 Å². The molecule has 0 fully saturated rings. The van der Waals surface area contributed by atoms with E-state index in [1.807, 2.05) is 13.8 Å². The molecule has 160 valence electrons. The van der Waals surface area contributed by atoms with E-state index in [1.54, 1.807) is 12.1 Å². The van der Waals surface area contributed by atoms with Crippen molar-refractivity contribution in [3.05, 3.63) is 29.8 Å². The van der Waals surface area contributed by atoms with E-state index in [1.165, 1.54) is 19.2 Å². The number of esters is 1. The van der Waals surface area contributed by atoms with Crippen LogP contribution in [0.25, 0.3) is 0 Å². The Bertz CT molecular complexity index is 818. The summed E-state index contributed by atoms with van der Waals surface area (Å²) < 4.78 is 60.0. The second-order valence-corrected chi connectivity index (χ2v) is 9.98. The summed E-state index contributed by atoms with van der Waals surface area (Å²) >= 11 is 0. The predicted octanol–water partition coefficient (Wildman–Crippen LogP) is 2.00. The number of unbranched alkanes of at least 4 members (excludes halogenated alkanes) is 2. The summed E-state index contributed by atoms with van der Waals surface area (Å²) in [4.78, 5) is 12.0. The first-order chi connectivity index (χ1) is 13.1. The lowest BCUT2D eigenvalue weighted by molar-refractivity contribution is -0.142. The number of nitrogens with one attached hydrogen (secondary N) is 1.